The fourth-order valence-corrected chi connectivity index (χ4v) is 3.03. The topological polar surface area (TPSA) is 38.5 Å². The quantitative estimate of drug-likeness (QED) is 0.853. The molecule has 1 aromatic rings. The SMILES string of the molecule is CCOC1CCCN(c2ccc(Br)cc2C(N)=S)C1. The Kier molecular flexibility index (Phi) is 5.19. The number of nitrogens with zero attached hydrogens (tertiary/aromatic N) is 1. The van der Waals surface area contributed by atoms with Crippen molar-refractivity contribution in [1.82, 2.24) is 0 Å². The van der Waals surface area contributed by atoms with Crippen LogP contribution in [0.2, 0.25) is 0 Å². The number of halogens is 1. The molecule has 0 radical (unpaired) electrons. The summed E-state index contributed by atoms with van der Waals surface area (Å²) in [6.07, 6.45) is 2.57. The number of hydrogen-bond donors (Lipinski definition) is 1. The second kappa shape index (κ2) is 6.68. The molecule has 1 aliphatic rings. The minimum absolute atomic E-state index is 0.307. The van der Waals surface area contributed by atoms with E-state index < -0.39 is 0 Å². The van der Waals surface area contributed by atoms with Crippen LogP contribution >= 0.6 is 28.1 Å². The van der Waals surface area contributed by atoms with Crippen molar-refractivity contribution in [3.8, 4) is 0 Å². The molecule has 0 spiro atoms. The van der Waals surface area contributed by atoms with Gasteiger partial charge in [0.15, 0.2) is 0 Å². The number of piperidine rings is 1. The van der Waals surface area contributed by atoms with Crippen molar-refractivity contribution in [2.45, 2.75) is 25.9 Å². The number of anilines is 1. The number of hydrogen-bond acceptors (Lipinski definition) is 3. The maximum atomic E-state index is 5.84. The first kappa shape index (κ1) is 14.8. The standard InChI is InChI=1S/C14H19BrN2OS/c1-2-18-11-4-3-7-17(9-11)13-6-5-10(15)8-12(13)14(16)19/h5-6,8,11H,2-4,7,9H2,1H3,(H2,16,19). The Morgan fingerprint density at radius 3 is 3.05 bits per heavy atom. The van der Waals surface area contributed by atoms with Crippen LogP contribution in [0.1, 0.15) is 25.3 Å². The Labute approximate surface area is 128 Å². The number of benzene rings is 1. The smallest absolute Gasteiger partial charge is 0.106 e. The van der Waals surface area contributed by atoms with Crippen LogP contribution < -0.4 is 10.6 Å². The van der Waals surface area contributed by atoms with Crippen molar-refractivity contribution in [1.29, 1.82) is 0 Å². The summed E-state index contributed by atoms with van der Waals surface area (Å²) in [5.41, 5.74) is 7.88. The van der Waals surface area contributed by atoms with Crippen molar-refractivity contribution < 1.29 is 4.74 Å². The Hall–Kier alpha value is -0.650. The number of ether oxygens (including phenoxy) is 1. The van der Waals surface area contributed by atoms with Gasteiger partial charge in [-0.15, -0.1) is 0 Å². The van der Waals surface area contributed by atoms with Crippen molar-refractivity contribution in [3.63, 3.8) is 0 Å². The van der Waals surface area contributed by atoms with Gasteiger partial charge in [-0.05, 0) is 38.0 Å². The first-order valence-corrected chi connectivity index (χ1v) is 7.78. The first-order chi connectivity index (χ1) is 9.11. The van der Waals surface area contributed by atoms with Gasteiger partial charge >= 0.3 is 0 Å². The van der Waals surface area contributed by atoms with E-state index >= 15 is 0 Å². The largest absolute Gasteiger partial charge is 0.389 e. The zero-order valence-corrected chi connectivity index (χ0v) is 13.5. The summed E-state index contributed by atoms with van der Waals surface area (Å²) in [6.45, 7) is 4.74. The molecule has 0 bridgehead atoms. The van der Waals surface area contributed by atoms with Crippen LogP contribution in [-0.4, -0.2) is 30.8 Å². The molecule has 2 N–H and O–H groups in total. The molecule has 1 aliphatic heterocycles. The minimum Gasteiger partial charge on any atom is -0.389 e. The molecule has 1 unspecified atom stereocenters. The molecular formula is C14H19BrN2OS. The van der Waals surface area contributed by atoms with Gasteiger partial charge in [0.25, 0.3) is 0 Å². The van der Waals surface area contributed by atoms with E-state index in [0.717, 1.165) is 48.3 Å². The maximum absolute atomic E-state index is 5.84. The van der Waals surface area contributed by atoms with Crippen molar-refractivity contribution in [2.24, 2.45) is 5.73 Å². The van der Waals surface area contributed by atoms with Crippen LogP contribution in [-0.2, 0) is 4.74 Å². The highest BCUT2D eigenvalue weighted by atomic mass is 79.9. The molecule has 1 saturated heterocycles. The molecule has 0 amide bonds. The van der Waals surface area contributed by atoms with Crippen LogP contribution in [0.4, 0.5) is 5.69 Å². The molecule has 5 heteroatoms. The summed E-state index contributed by atoms with van der Waals surface area (Å²) in [4.78, 5) is 2.76. The van der Waals surface area contributed by atoms with Gasteiger partial charge in [0.2, 0.25) is 0 Å². The van der Waals surface area contributed by atoms with Gasteiger partial charge in [0.1, 0.15) is 4.99 Å². The molecule has 3 nitrogen and oxygen atoms in total. The third kappa shape index (κ3) is 3.68. The minimum atomic E-state index is 0.307. The summed E-state index contributed by atoms with van der Waals surface area (Å²) in [7, 11) is 0. The Morgan fingerprint density at radius 1 is 1.58 bits per heavy atom. The normalized spacial score (nSPS) is 19.5. The predicted molar refractivity (Wildman–Crippen MR) is 86.9 cm³/mol. The molecule has 0 aliphatic carbocycles. The van der Waals surface area contributed by atoms with Gasteiger partial charge < -0.3 is 15.4 Å². The summed E-state index contributed by atoms with van der Waals surface area (Å²) in [6, 6.07) is 6.09. The van der Waals surface area contributed by atoms with Gasteiger partial charge in [0.05, 0.1) is 6.10 Å². The molecule has 104 valence electrons. The highest BCUT2D eigenvalue weighted by molar-refractivity contribution is 9.10. The van der Waals surface area contributed by atoms with Gasteiger partial charge in [-0.3, -0.25) is 0 Å². The van der Waals surface area contributed by atoms with E-state index in [1.54, 1.807) is 0 Å². The Balaban J connectivity index is 2.23. The highest BCUT2D eigenvalue weighted by Crippen LogP contribution is 2.27. The van der Waals surface area contributed by atoms with E-state index in [-0.39, 0.29) is 0 Å². The maximum Gasteiger partial charge on any atom is 0.106 e. The lowest BCUT2D eigenvalue weighted by Crippen LogP contribution is -2.40. The van der Waals surface area contributed by atoms with Crippen molar-refractivity contribution >= 4 is 38.8 Å². The van der Waals surface area contributed by atoms with Gasteiger partial charge in [0, 0.05) is 35.4 Å². The van der Waals surface area contributed by atoms with E-state index in [1.165, 1.54) is 0 Å². The Morgan fingerprint density at radius 2 is 2.37 bits per heavy atom. The van der Waals surface area contributed by atoms with Crippen LogP contribution in [0.5, 0.6) is 0 Å². The fourth-order valence-electron chi connectivity index (χ4n) is 2.51. The average molecular weight is 343 g/mol. The van der Waals surface area contributed by atoms with Crippen molar-refractivity contribution in [3.05, 3.63) is 28.2 Å². The molecule has 19 heavy (non-hydrogen) atoms. The number of rotatable bonds is 4. The molecule has 0 saturated carbocycles. The zero-order chi connectivity index (χ0) is 13.8. The van der Waals surface area contributed by atoms with E-state index in [2.05, 4.69) is 26.9 Å². The molecule has 0 aromatic heterocycles. The highest BCUT2D eigenvalue weighted by Gasteiger charge is 2.22. The third-order valence-electron chi connectivity index (χ3n) is 3.35. The molecule has 1 fully saturated rings. The molecule has 2 rings (SSSR count). The van der Waals surface area contributed by atoms with E-state index in [1.807, 2.05) is 19.1 Å². The molecule has 1 aromatic carbocycles. The third-order valence-corrected chi connectivity index (χ3v) is 4.06. The van der Waals surface area contributed by atoms with Gasteiger partial charge in [-0.2, -0.15) is 0 Å². The first-order valence-electron chi connectivity index (χ1n) is 6.57. The van der Waals surface area contributed by atoms with Gasteiger partial charge in [-0.1, -0.05) is 28.1 Å². The second-order valence-corrected chi connectivity index (χ2v) is 6.05. The molecular weight excluding hydrogens is 324 g/mol. The summed E-state index contributed by atoms with van der Waals surface area (Å²) >= 11 is 8.63. The number of nitrogens with two attached hydrogens (primary N) is 1. The lowest BCUT2D eigenvalue weighted by Gasteiger charge is -2.35. The van der Waals surface area contributed by atoms with Crippen LogP contribution in [0.25, 0.3) is 0 Å². The summed E-state index contributed by atoms with van der Waals surface area (Å²) < 4.78 is 6.74. The fraction of sp³-hybridized carbons (Fsp3) is 0.500. The predicted octanol–water partition coefficient (Wildman–Crippen LogP) is 3.09. The van der Waals surface area contributed by atoms with E-state index in [4.69, 9.17) is 22.7 Å². The van der Waals surface area contributed by atoms with Crippen LogP contribution in [0.3, 0.4) is 0 Å². The average Bonchev–Trinajstić information content (AvgIpc) is 2.39. The summed E-state index contributed by atoms with van der Waals surface area (Å²) in [5, 5.41) is 0. The monoisotopic (exact) mass is 342 g/mol. The second-order valence-electron chi connectivity index (χ2n) is 4.69. The number of thiocarbonyl (C=S) groups is 1. The lowest BCUT2D eigenvalue weighted by molar-refractivity contribution is 0.0526. The molecule has 1 atom stereocenters. The van der Waals surface area contributed by atoms with Crippen LogP contribution in [0, 0.1) is 0 Å². The molecule has 1 heterocycles. The van der Waals surface area contributed by atoms with E-state index in [9.17, 15) is 0 Å². The zero-order valence-electron chi connectivity index (χ0n) is 11.1. The lowest BCUT2D eigenvalue weighted by atomic mass is 10.0. The van der Waals surface area contributed by atoms with Gasteiger partial charge in [-0.25, -0.2) is 0 Å². The van der Waals surface area contributed by atoms with E-state index in [0.29, 0.717) is 11.1 Å². The van der Waals surface area contributed by atoms with Crippen molar-refractivity contribution in [2.75, 3.05) is 24.6 Å². The Bertz CT molecular complexity index is 465. The van der Waals surface area contributed by atoms with Crippen LogP contribution in [0.15, 0.2) is 22.7 Å². The summed E-state index contributed by atoms with van der Waals surface area (Å²) in [5.74, 6) is 0.